The standard InChI is InChI=1S/C52H46O2/c1-3-5-7-13-35-53-39-25-19-37(20-26-39)23-29-45-41-15-9-11-17-43(41)47-32-34-50-46(30-24-38-21-27-40(28-22-38)54-36-14-8-6-4-2)42-16-10-12-18-44(42)48-31-33-49(45)51(47)52(48)50/h9-12,15-22,25-28,31-34H,3-8,13-14,35-36H2,1-2H3. The fraction of sp³-hybridized carbons (Fsp3) is 0.231. The van der Waals surface area contributed by atoms with Crippen LogP contribution >= 0.6 is 0 Å². The molecule has 0 bridgehead atoms. The van der Waals surface area contributed by atoms with E-state index in [-0.39, 0.29) is 0 Å². The first kappa shape index (κ1) is 35.1. The monoisotopic (exact) mass is 702 g/mol. The van der Waals surface area contributed by atoms with Crippen LogP contribution in [-0.4, -0.2) is 13.2 Å². The van der Waals surface area contributed by atoms with Crippen molar-refractivity contribution in [3.05, 3.63) is 144 Å². The predicted molar refractivity (Wildman–Crippen MR) is 229 cm³/mol. The van der Waals surface area contributed by atoms with Crippen LogP contribution in [0.3, 0.4) is 0 Å². The Bertz CT molecular complexity index is 2490. The number of rotatable bonds is 12. The molecule has 2 nitrogen and oxygen atoms in total. The summed E-state index contributed by atoms with van der Waals surface area (Å²) in [5.41, 5.74) is 4.05. The molecule has 0 aromatic heterocycles. The maximum Gasteiger partial charge on any atom is 0.119 e. The zero-order chi connectivity index (χ0) is 36.7. The van der Waals surface area contributed by atoms with Gasteiger partial charge in [-0.3, -0.25) is 0 Å². The summed E-state index contributed by atoms with van der Waals surface area (Å²) in [5, 5.41) is 12.1. The Morgan fingerprint density at radius 3 is 1.15 bits per heavy atom. The molecule has 54 heavy (non-hydrogen) atoms. The van der Waals surface area contributed by atoms with Gasteiger partial charge in [-0.15, -0.1) is 0 Å². The topological polar surface area (TPSA) is 18.5 Å². The fourth-order valence-electron chi connectivity index (χ4n) is 7.77. The molecular formula is C52H46O2. The maximum absolute atomic E-state index is 6.00. The minimum atomic E-state index is 0.754. The molecule has 8 rings (SSSR count). The van der Waals surface area contributed by atoms with Gasteiger partial charge in [0, 0.05) is 22.3 Å². The van der Waals surface area contributed by atoms with E-state index >= 15 is 0 Å². The molecule has 0 aliphatic heterocycles. The predicted octanol–water partition coefficient (Wildman–Crippen LogP) is 13.6. The van der Waals surface area contributed by atoms with E-state index in [4.69, 9.17) is 9.47 Å². The second kappa shape index (κ2) is 16.4. The van der Waals surface area contributed by atoms with E-state index < -0.39 is 0 Å². The molecule has 8 aromatic rings. The van der Waals surface area contributed by atoms with Gasteiger partial charge >= 0.3 is 0 Å². The van der Waals surface area contributed by atoms with Gasteiger partial charge in [-0.1, -0.05) is 149 Å². The van der Waals surface area contributed by atoms with Gasteiger partial charge < -0.3 is 9.47 Å². The SMILES string of the molecule is CCCCCCOc1ccc(C#Cc2c3ccccc3c3ccc4c(C#Cc5ccc(OCCCCCC)cc5)c5ccccc5c5ccc2c3c45)cc1. The summed E-state index contributed by atoms with van der Waals surface area (Å²) in [6, 6.07) is 42.9. The molecular weight excluding hydrogens is 657 g/mol. The van der Waals surface area contributed by atoms with Crippen LogP contribution in [-0.2, 0) is 0 Å². The first-order valence-corrected chi connectivity index (χ1v) is 19.8. The second-order valence-electron chi connectivity index (χ2n) is 14.3. The Balaban J connectivity index is 1.21. The molecule has 0 saturated carbocycles. The molecule has 0 unspecified atom stereocenters. The van der Waals surface area contributed by atoms with Crippen LogP contribution in [0.5, 0.6) is 11.5 Å². The second-order valence-corrected chi connectivity index (χ2v) is 14.3. The van der Waals surface area contributed by atoms with Crippen LogP contribution < -0.4 is 9.47 Å². The van der Waals surface area contributed by atoms with Gasteiger partial charge in [0.05, 0.1) is 13.2 Å². The molecule has 0 atom stereocenters. The number of ether oxygens (including phenoxy) is 2. The molecule has 266 valence electrons. The molecule has 0 fully saturated rings. The van der Waals surface area contributed by atoms with Gasteiger partial charge in [-0.2, -0.15) is 0 Å². The van der Waals surface area contributed by atoms with Crippen molar-refractivity contribution in [1.82, 2.24) is 0 Å². The lowest BCUT2D eigenvalue weighted by Gasteiger charge is -2.18. The fourth-order valence-corrected chi connectivity index (χ4v) is 7.77. The van der Waals surface area contributed by atoms with Crippen LogP contribution in [0.15, 0.2) is 121 Å². The Labute approximate surface area is 319 Å². The Hall–Kier alpha value is -5.96. The zero-order valence-corrected chi connectivity index (χ0v) is 31.4. The van der Waals surface area contributed by atoms with E-state index in [9.17, 15) is 0 Å². The van der Waals surface area contributed by atoms with Crippen molar-refractivity contribution in [2.45, 2.75) is 65.2 Å². The van der Waals surface area contributed by atoms with Gasteiger partial charge in [0.1, 0.15) is 11.5 Å². The van der Waals surface area contributed by atoms with Crippen molar-refractivity contribution < 1.29 is 9.47 Å². The van der Waals surface area contributed by atoms with Gasteiger partial charge in [0.15, 0.2) is 0 Å². The molecule has 0 radical (unpaired) electrons. The first-order valence-electron chi connectivity index (χ1n) is 19.8. The van der Waals surface area contributed by atoms with E-state index in [0.717, 1.165) is 59.8 Å². The number of benzene rings is 8. The van der Waals surface area contributed by atoms with Crippen LogP contribution in [0.2, 0.25) is 0 Å². The average molecular weight is 703 g/mol. The van der Waals surface area contributed by atoms with Crippen LogP contribution in [0.4, 0.5) is 0 Å². The van der Waals surface area contributed by atoms with Crippen LogP contribution in [0, 0.1) is 23.7 Å². The Morgan fingerprint density at radius 2 is 0.741 bits per heavy atom. The zero-order valence-electron chi connectivity index (χ0n) is 31.4. The third-order valence-corrected chi connectivity index (χ3v) is 10.6. The molecule has 0 heterocycles. The van der Waals surface area contributed by atoms with E-state index in [0.29, 0.717) is 0 Å². The molecule has 0 amide bonds. The largest absolute Gasteiger partial charge is 0.494 e. The highest BCUT2D eigenvalue weighted by molar-refractivity contribution is 6.35. The van der Waals surface area contributed by atoms with E-state index in [1.165, 1.54) is 92.4 Å². The first-order chi connectivity index (χ1) is 26.7. The normalized spacial score (nSPS) is 11.2. The summed E-state index contributed by atoms with van der Waals surface area (Å²) in [4.78, 5) is 0. The van der Waals surface area contributed by atoms with Gasteiger partial charge in [0.2, 0.25) is 0 Å². The van der Waals surface area contributed by atoms with E-state index in [2.05, 4.69) is 135 Å². The highest BCUT2D eigenvalue weighted by Gasteiger charge is 2.19. The molecule has 0 saturated heterocycles. The summed E-state index contributed by atoms with van der Waals surface area (Å²) >= 11 is 0. The van der Waals surface area contributed by atoms with Crippen LogP contribution in [0.1, 0.15) is 87.5 Å². The lowest BCUT2D eigenvalue weighted by Crippen LogP contribution is -1.97. The van der Waals surface area contributed by atoms with Crippen molar-refractivity contribution in [1.29, 1.82) is 0 Å². The van der Waals surface area contributed by atoms with E-state index in [1.54, 1.807) is 0 Å². The summed E-state index contributed by atoms with van der Waals surface area (Å²) in [5.74, 6) is 16.1. The third kappa shape index (κ3) is 7.18. The number of fused-ring (bicyclic) bond motifs is 4. The Morgan fingerprint density at radius 1 is 0.352 bits per heavy atom. The minimum Gasteiger partial charge on any atom is -0.494 e. The molecule has 8 aromatic carbocycles. The summed E-state index contributed by atoms with van der Waals surface area (Å²) in [6.07, 6.45) is 9.57. The molecule has 0 spiro atoms. The third-order valence-electron chi connectivity index (χ3n) is 10.6. The maximum atomic E-state index is 6.00. The smallest absolute Gasteiger partial charge is 0.119 e. The van der Waals surface area contributed by atoms with Crippen molar-refractivity contribution in [2.75, 3.05) is 13.2 Å². The van der Waals surface area contributed by atoms with Crippen LogP contribution in [0.25, 0.3) is 53.9 Å². The van der Waals surface area contributed by atoms with Gasteiger partial charge in [-0.25, -0.2) is 0 Å². The highest BCUT2D eigenvalue weighted by atomic mass is 16.5. The van der Waals surface area contributed by atoms with Gasteiger partial charge in [0.25, 0.3) is 0 Å². The van der Waals surface area contributed by atoms with Crippen molar-refractivity contribution in [3.63, 3.8) is 0 Å². The molecule has 0 aliphatic carbocycles. The quantitative estimate of drug-likeness (QED) is 0.0546. The summed E-state index contributed by atoms with van der Waals surface area (Å²) in [6.45, 7) is 5.97. The molecule has 0 aliphatic rings. The minimum absolute atomic E-state index is 0.754. The number of hydrogen-bond acceptors (Lipinski definition) is 2. The molecule has 0 N–H and O–H groups in total. The molecule has 2 heteroatoms. The van der Waals surface area contributed by atoms with Crippen molar-refractivity contribution >= 4 is 53.9 Å². The highest BCUT2D eigenvalue weighted by Crippen LogP contribution is 2.44. The van der Waals surface area contributed by atoms with Crippen molar-refractivity contribution in [2.24, 2.45) is 0 Å². The lowest BCUT2D eigenvalue weighted by atomic mass is 9.84. The summed E-state index contributed by atoms with van der Waals surface area (Å²) < 4.78 is 12.0. The average Bonchev–Trinajstić information content (AvgIpc) is 3.22. The number of unbranched alkanes of at least 4 members (excludes halogenated alkanes) is 6. The van der Waals surface area contributed by atoms with Crippen molar-refractivity contribution in [3.8, 4) is 35.2 Å². The number of hydrogen-bond donors (Lipinski definition) is 0. The lowest BCUT2D eigenvalue weighted by molar-refractivity contribution is 0.305. The van der Waals surface area contributed by atoms with Gasteiger partial charge in [-0.05, 0) is 115 Å². The Kier molecular flexibility index (Phi) is 10.6. The van der Waals surface area contributed by atoms with E-state index in [1.807, 2.05) is 24.3 Å². The summed E-state index contributed by atoms with van der Waals surface area (Å²) in [7, 11) is 0.